The molecule has 0 aromatic carbocycles. The zero-order chi connectivity index (χ0) is 14.7. The lowest BCUT2D eigenvalue weighted by atomic mass is 9.81. The highest BCUT2D eigenvalue weighted by molar-refractivity contribution is 5.00. The van der Waals surface area contributed by atoms with Gasteiger partial charge in [-0.15, -0.1) is 0 Å². The van der Waals surface area contributed by atoms with Crippen LogP contribution in [0.5, 0.6) is 0 Å². The van der Waals surface area contributed by atoms with Crippen LogP contribution in [0.1, 0.15) is 48.0 Å². The summed E-state index contributed by atoms with van der Waals surface area (Å²) < 4.78 is 17.7. The van der Waals surface area contributed by atoms with Crippen molar-refractivity contribution in [1.82, 2.24) is 5.32 Å². The fourth-order valence-corrected chi connectivity index (χ4v) is 3.28. The summed E-state index contributed by atoms with van der Waals surface area (Å²) in [6, 6.07) is 0.136. The largest absolute Gasteiger partial charge is 0.369 e. The molecule has 2 unspecified atom stereocenters. The van der Waals surface area contributed by atoms with Gasteiger partial charge in [0.15, 0.2) is 6.29 Å². The van der Waals surface area contributed by atoms with E-state index in [1.807, 2.05) is 20.9 Å². The molecule has 0 amide bonds. The molecule has 19 heavy (non-hydrogen) atoms. The molecule has 4 nitrogen and oxygen atoms in total. The Labute approximate surface area is 118 Å². The first-order chi connectivity index (χ1) is 8.77. The van der Waals surface area contributed by atoms with Gasteiger partial charge < -0.3 is 19.5 Å². The van der Waals surface area contributed by atoms with Crippen LogP contribution in [0.3, 0.4) is 0 Å². The highest BCUT2D eigenvalue weighted by atomic mass is 16.7. The molecule has 0 radical (unpaired) electrons. The Hall–Kier alpha value is -0.160. The van der Waals surface area contributed by atoms with Crippen molar-refractivity contribution in [2.75, 3.05) is 20.3 Å². The van der Waals surface area contributed by atoms with Gasteiger partial charge in [-0.3, -0.25) is 0 Å². The van der Waals surface area contributed by atoms with Gasteiger partial charge in [-0.2, -0.15) is 0 Å². The van der Waals surface area contributed by atoms with Crippen LogP contribution in [0.4, 0.5) is 0 Å². The molecule has 4 heteroatoms. The lowest BCUT2D eigenvalue weighted by molar-refractivity contribution is -0.171. The molecular formula is C15H31NO3. The SMILES string of the molecule is CCOC(OCC)C(NC)C1CC(C)(C)OC1(C)C. The number of rotatable bonds is 7. The second kappa shape index (κ2) is 6.53. The number of hydrogen-bond donors (Lipinski definition) is 1. The molecule has 0 spiro atoms. The molecule has 0 aromatic rings. The van der Waals surface area contributed by atoms with Crippen molar-refractivity contribution in [1.29, 1.82) is 0 Å². The molecule has 0 aliphatic carbocycles. The molecule has 0 aromatic heterocycles. The molecule has 1 saturated heterocycles. The molecule has 1 rings (SSSR count). The fourth-order valence-electron chi connectivity index (χ4n) is 3.28. The van der Waals surface area contributed by atoms with Crippen LogP contribution in [0.25, 0.3) is 0 Å². The van der Waals surface area contributed by atoms with E-state index in [1.165, 1.54) is 0 Å². The minimum atomic E-state index is -0.221. The molecule has 1 heterocycles. The Morgan fingerprint density at radius 2 is 1.68 bits per heavy atom. The topological polar surface area (TPSA) is 39.7 Å². The van der Waals surface area contributed by atoms with E-state index in [0.717, 1.165) is 6.42 Å². The minimum Gasteiger partial charge on any atom is -0.369 e. The van der Waals surface area contributed by atoms with E-state index in [0.29, 0.717) is 19.1 Å². The van der Waals surface area contributed by atoms with Gasteiger partial charge in [0.05, 0.1) is 17.2 Å². The minimum absolute atomic E-state index is 0.0910. The zero-order valence-electron chi connectivity index (χ0n) is 13.6. The Morgan fingerprint density at radius 3 is 2.00 bits per heavy atom. The zero-order valence-corrected chi connectivity index (χ0v) is 13.6. The van der Waals surface area contributed by atoms with E-state index in [-0.39, 0.29) is 23.5 Å². The molecule has 2 atom stereocenters. The first kappa shape index (κ1) is 16.9. The highest BCUT2D eigenvalue weighted by Gasteiger charge is 2.50. The number of nitrogens with one attached hydrogen (secondary N) is 1. The van der Waals surface area contributed by atoms with Crippen LogP contribution in [0.15, 0.2) is 0 Å². The van der Waals surface area contributed by atoms with Gasteiger partial charge in [0.1, 0.15) is 0 Å². The Kier molecular flexibility index (Phi) is 5.80. The number of ether oxygens (including phenoxy) is 3. The highest BCUT2D eigenvalue weighted by Crippen LogP contribution is 2.44. The van der Waals surface area contributed by atoms with E-state index < -0.39 is 0 Å². The van der Waals surface area contributed by atoms with Crippen LogP contribution < -0.4 is 5.32 Å². The average Bonchev–Trinajstić information content (AvgIpc) is 2.49. The van der Waals surface area contributed by atoms with Gasteiger partial charge in [-0.25, -0.2) is 0 Å². The van der Waals surface area contributed by atoms with Gasteiger partial charge in [0.25, 0.3) is 0 Å². The second-order valence-electron chi connectivity index (χ2n) is 6.37. The summed E-state index contributed by atoms with van der Waals surface area (Å²) in [5.41, 5.74) is -0.268. The summed E-state index contributed by atoms with van der Waals surface area (Å²) in [7, 11) is 1.97. The third-order valence-corrected chi connectivity index (χ3v) is 3.87. The van der Waals surface area contributed by atoms with Gasteiger partial charge in [-0.1, -0.05) is 0 Å². The van der Waals surface area contributed by atoms with E-state index in [2.05, 4.69) is 33.0 Å². The van der Waals surface area contributed by atoms with Crippen molar-refractivity contribution in [2.24, 2.45) is 5.92 Å². The summed E-state index contributed by atoms with van der Waals surface area (Å²) in [5.74, 6) is 0.357. The van der Waals surface area contributed by atoms with E-state index in [4.69, 9.17) is 14.2 Å². The summed E-state index contributed by atoms with van der Waals surface area (Å²) in [4.78, 5) is 0. The van der Waals surface area contributed by atoms with Gasteiger partial charge in [0.2, 0.25) is 0 Å². The van der Waals surface area contributed by atoms with Crippen molar-refractivity contribution < 1.29 is 14.2 Å². The summed E-state index contributed by atoms with van der Waals surface area (Å²) in [5, 5.41) is 3.38. The van der Waals surface area contributed by atoms with E-state index in [1.54, 1.807) is 0 Å². The molecular weight excluding hydrogens is 242 g/mol. The fraction of sp³-hybridized carbons (Fsp3) is 1.00. The predicted octanol–water partition coefficient (Wildman–Crippen LogP) is 2.57. The van der Waals surface area contributed by atoms with Crippen LogP contribution in [-0.2, 0) is 14.2 Å². The molecule has 1 fully saturated rings. The predicted molar refractivity (Wildman–Crippen MR) is 77.2 cm³/mol. The Balaban J connectivity index is 2.88. The van der Waals surface area contributed by atoms with Gasteiger partial charge in [0, 0.05) is 19.1 Å². The summed E-state index contributed by atoms with van der Waals surface area (Å²) >= 11 is 0. The van der Waals surface area contributed by atoms with E-state index in [9.17, 15) is 0 Å². The quantitative estimate of drug-likeness (QED) is 0.724. The molecule has 0 bridgehead atoms. The van der Waals surface area contributed by atoms with Crippen LogP contribution in [0.2, 0.25) is 0 Å². The molecule has 1 aliphatic heterocycles. The maximum atomic E-state index is 6.19. The maximum Gasteiger partial charge on any atom is 0.173 e. The lowest BCUT2D eigenvalue weighted by Gasteiger charge is -2.36. The second-order valence-corrected chi connectivity index (χ2v) is 6.37. The van der Waals surface area contributed by atoms with Crippen molar-refractivity contribution in [2.45, 2.75) is 71.5 Å². The van der Waals surface area contributed by atoms with Crippen molar-refractivity contribution in [3.63, 3.8) is 0 Å². The Morgan fingerprint density at radius 1 is 1.16 bits per heavy atom. The lowest BCUT2D eigenvalue weighted by Crippen LogP contribution is -2.51. The number of likely N-dealkylation sites (N-methyl/N-ethyl adjacent to an activating group) is 1. The standard InChI is InChI=1S/C15H31NO3/c1-8-17-13(18-9-2)12(16-7)11-10-14(3,4)19-15(11,5)6/h11-13,16H,8-10H2,1-7H3. The van der Waals surface area contributed by atoms with E-state index >= 15 is 0 Å². The maximum absolute atomic E-state index is 6.19. The first-order valence-electron chi connectivity index (χ1n) is 7.38. The third-order valence-electron chi connectivity index (χ3n) is 3.87. The molecule has 0 saturated carbocycles. The van der Waals surface area contributed by atoms with Crippen molar-refractivity contribution in [3.8, 4) is 0 Å². The van der Waals surface area contributed by atoms with Gasteiger partial charge >= 0.3 is 0 Å². The molecule has 114 valence electrons. The monoisotopic (exact) mass is 273 g/mol. The average molecular weight is 273 g/mol. The van der Waals surface area contributed by atoms with Crippen LogP contribution in [-0.4, -0.2) is 43.8 Å². The smallest absolute Gasteiger partial charge is 0.173 e. The first-order valence-corrected chi connectivity index (χ1v) is 7.38. The van der Waals surface area contributed by atoms with Crippen molar-refractivity contribution in [3.05, 3.63) is 0 Å². The van der Waals surface area contributed by atoms with Crippen LogP contribution in [0, 0.1) is 5.92 Å². The third kappa shape index (κ3) is 4.15. The Bertz CT molecular complexity index is 273. The molecule has 1 N–H and O–H groups in total. The number of hydrogen-bond acceptors (Lipinski definition) is 4. The molecule has 1 aliphatic rings. The summed E-state index contributed by atoms with van der Waals surface area (Å²) in [6.07, 6.45) is 0.782. The normalized spacial score (nSPS) is 26.8. The van der Waals surface area contributed by atoms with Gasteiger partial charge in [-0.05, 0) is 55.0 Å². The van der Waals surface area contributed by atoms with Crippen LogP contribution >= 0.6 is 0 Å². The van der Waals surface area contributed by atoms with Crippen molar-refractivity contribution >= 4 is 0 Å². The summed E-state index contributed by atoms with van der Waals surface area (Å²) in [6.45, 7) is 13.9.